The van der Waals surface area contributed by atoms with Gasteiger partial charge in [0.05, 0.1) is 7.11 Å². The van der Waals surface area contributed by atoms with E-state index in [2.05, 4.69) is 0 Å². The summed E-state index contributed by atoms with van der Waals surface area (Å²) in [5, 5.41) is 0. The topological polar surface area (TPSA) is 27.7 Å². The summed E-state index contributed by atoms with van der Waals surface area (Å²) < 4.78 is 15.5. The van der Waals surface area contributed by atoms with Gasteiger partial charge in [0.25, 0.3) is 0 Å². The van der Waals surface area contributed by atoms with E-state index in [1.54, 1.807) is 19.6 Å². The third kappa shape index (κ3) is 1.99. The molecule has 1 aliphatic heterocycles. The zero-order chi connectivity index (χ0) is 9.80. The lowest BCUT2D eigenvalue weighted by Crippen LogP contribution is -2.10. The minimum absolute atomic E-state index is 0.192. The summed E-state index contributed by atoms with van der Waals surface area (Å²) in [7, 11) is 1.66. The molecule has 2 rings (SSSR count). The van der Waals surface area contributed by atoms with E-state index in [-0.39, 0.29) is 6.29 Å². The summed E-state index contributed by atoms with van der Waals surface area (Å²) in [6.07, 6.45) is 3.65. The lowest BCUT2D eigenvalue weighted by atomic mass is 10.1. The van der Waals surface area contributed by atoms with Crippen LogP contribution < -0.4 is 4.74 Å². The van der Waals surface area contributed by atoms with Gasteiger partial charge in [-0.1, -0.05) is 12.1 Å². The van der Waals surface area contributed by atoms with Crippen molar-refractivity contribution in [3.63, 3.8) is 0 Å². The van der Waals surface area contributed by atoms with Gasteiger partial charge in [-0.25, -0.2) is 0 Å². The molecule has 1 heterocycles. The van der Waals surface area contributed by atoms with Crippen LogP contribution in [0.3, 0.4) is 0 Å². The predicted octanol–water partition coefficient (Wildman–Crippen LogP) is 2.08. The fourth-order valence-corrected chi connectivity index (χ4v) is 1.36. The quantitative estimate of drug-likeness (QED) is 0.733. The Hall–Kier alpha value is -1.64. The first-order valence-corrected chi connectivity index (χ1v) is 4.47. The second kappa shape index (κ2) is 4.05. The third-order valence-electron chi connectivity index (χ3n) is 2.05. The van der Waals surface area contributed by atoms with Gasteiger partial charge in [-0.3, -0.25) is 0 Å². The first-order valence-electron chi connectivity index (χ1n) is 4.47. The van der Waals surface area contributed by atoms with Crippen molar-refractivity contribution in [3.8, 4) is 5.75 Å². The molecule has 0 saturated heterocycles. The predicted molar refractivity (Wildman–Crippen MR) is 51.8 cm³/mol. The third-order valence-corrected chi connectivity index (χ3v) is 2.05. The van der Waals surface area contributed by atoms with Crippen LogP contribution in [0.4, 0.5) is 0 Å². The smallest absolute Gasteiger partial charge is 0.243 e. The summed E-state index contributed by atoms with van der Waals surface area (Å²) in [6, 6.07) is 7.87. The normalized spacial score (nSPS) is 14.9. The number of benzene rings is 1. The van der Waals surface area contributed by atoms with Crippen molar-refractivity contribution < 1.29 is 14.2 Å². The molecule has 0 fully saturated rings. The van der Waals surface area contributed by atoms with Crippen LogP contribution in [0, 0.1) is 0 Å². The molecular weight excluding hydrogens is 180 g/mol. The molecule has 0 amide bonds. The van der Waals surface area contributed by atoms with E-state index in [0.717, 1.165) is 17.7 Å². The largest absolute Gasteiger partial charge is 0.497 e. The van der Waals surface area contributed by atoms with E-state index >= 15 is 0 Å². The van der Waals surface area contributed by atoms with Crippen LogP contribution >= 0.6 is 0 Å². The van der Waals surface area contributed by atoms with Crippen LogP contribution in [0.5, 0.6) is 5.75 Å². The number of hydrogen-bond donors (Lipinski definition) is 0. The van der Waals surface area contributed by atoms with Crippen LogP contribution in [0.1, 0.15) is 5.56 Å². The van der Waals surface area contributed by atoms with Crippen molar-refractivity contribution >= 4 is 0 Å². The molecule has 0 unspecified atom stereocenters. The molecule has 0 spiro atoms. The summed E-state index contributed by atoms with van der Waals surface area (Å²) in [4.78, 5) is 0. The molecule has 1 aromatic rings. The molecule has 74 valence electrons. The molecule has 0 saturated carbocycles. The van der Waals surface area contributed by atoms with Gasteiger partial charge >= 0.3 is 0 Å². The Bertz CT molecular complexity index is 325. The van der Waals surface area contributed by atoms with Crippen LogP contribution in [0.25, 0.3) is 0 Å². The van der Waals surface area contributed by atoms with Crippen LogP contribution in [-0.2, 0) is 15.9 Å². The minimum Gasteiger partial charge on any atom is -0.497 e. The van der Waals surface area contributed by atoms with Crippen molar-refractivity contribution in [1.29, 1.82) is 0 Å². The molecule has 0 aliphatic carbocycles. The summed E-state index contributed by atoms with van der Waals surface area (Å²) in [5.74, 6) is 0.855. The van der Waals surface area contributed by atoms with Crippen LogP contribution in [-0.4, -0.2) is 13.4 Å². The SMILES string of the molecule is COc1cccc(CC2OC=CO2)c1. The lowest BCUT2D eigenvalue weighted by molar-refractivity contribution is -0.0209. The van der Waals surface area contributed by atoms with Crippen molar-refractivity contribution in [2.75, 3.05) is 7.11 Å². The maximum atomic E-state index is 5.19. The number of methoxy groups -OCH3 is 1. The molecule has 14 heavy (non-hydrogen) atoms. The molecule has 0 N–H and O–H groups in total. The fraction of sp³-hybridized carbons (Fsp3) is 0.273. The Kier molecular flexibility index (Phi) is 2.58. The second-order valence-corrected chi connectivity index (χ2v) is 3.03. The number of ether oxygens (including phenoxy) is 3. The fourth-order valence-electron chi connectivity index (χ4n) is 1.36. The van der Waals surface area contributed by atoms with Gasteiger partial charge in [0, 0.05) is 6.42 Å². The van der Waals surface area contributed by atoms with Gasteiger partial charge in [-0.15, -0.1) is 0 Å². The first kappa shape index (κ1) is 8.94. The zero-order valence-corrected chi connectivity index (χ0v) is 7.97. The van der Waals surface area contributed by atoms with Crippen molar-refractivity contribution in [1.82, 2.24) is 0 Å². The highest BCUT2D eigenvalue weighted by Crippen LogP contribution is 2.17. The molecule has 1 aromatic carbocycles. The zero-order valence-electron chi connectivity index (χ0n) is 7.97. The molecule has 1 aliphatic rings. The van der Waals surface area contributed by atoms with Gasteiger partial charge in [0.2, 0.25) is 6.29 Å². The number of rotatable bonds is 3. The van der Waals surface area contributed by atoms with Crippen molar-refractivity contribution in [2.24, 2.45) is 0 Å². The summed E-state index contributed by atoms with van der Waals surface area (Å²) in [6.45, 7) is 0. The lowest BCUT2D eigenvalue weighted by Gasteiger charge is -2.10. The maximum Gasteiger partial charge on any atom is 0.243 e. The molecule has 0 atom stereocenters. The van der Waals surface area contributed by atoms with Crippen molar-refractivity contribution in [3.05, 3.63) is 42.4 Å². The van der Waals surface area contributed by atoms with E-state index in [1.807, 2.05) is 24.3 Å². The van der Waals surface area contributed by atoms with Crippen molar-refractivity contribution in [2.45, 2.75) is 12.7 Å². The average molecular weight is 192 g/mol. The monoisotopic (exact) mass is 192 g/mol. The number of hydrogen-bond acceptors (Lipinski definition) is 3. The molecular formula is C11H12O3. The Morgan fingerprint density at radius 2 is 2.07 bits per heavy atom. The van der Waals surface area contributed by atoms with Gasteiger partial charge in [-0.05, 0) is 17.7 Å². The Labute approximate surface area is 82.9 Å². The Morgan fingerprint density at radius 1 is 1.29 bits per heavy atom. The summed E-state index contributed by atoms with van der Waals surface area (Å²) in [5.41, 5.74) is 1.14. The van der Waals surface area contributed by atoms with Gasteiger partial charge in [0.1, 0.15) is 18.3 Å². The van der Waals surface area contributed by atoms with E-state index in [1.165, 1.54) is 0 Å². The highest BCUT2D eigenvalue weighted by molar-refractivity contribution is 5.28. The average Bonchev–Trinajstić information content (AvgIpc) is 2.71. The highest BCUT2D eigenvalue weighted by Gasteiger charge is 2.12. The molecule has 0 radical (unpaired) electrons. The molecule has 3 heteroatoms. The first-order chi connectivity index (χ1) is 6.88. The van der Waals surface area contributed by atoms with E-state index in [9.17, 15) is 0 Å². The van der Waals surface area contributed by atoms with Gasteiger partial charge in [0.15, 0.2) is 0 Å². The van der Waals surface area contributed by atoms with E-state index in [0.29, 0.717) is 0 Å². The van der Waals surface area contributed by atoms with Crippen LogP contribution in [0.2, 0.25) is 0 Å². The molecule has 0 bridgehead atoms. The van der Waals surface area contributed by atoms with Gasteiger partial charge < -0.3 is 14.2 Å². The summed E-state index contributed by atoms with van der Waals surface area (Å²) >= 11 is 0. The molecule has 0 aromatic heterocycles. The second-order valence-electron chi connectivity index (χ2n) is 3.03. The minimum atomic E-state index is -0.192. The highest BCUT2D eigenvalue weighted by atomic mass is 16.7. The Balaban J connectivity index is 2.01. The maximum absolute atomic E-state index is 5.19. The standard InChI is InChI=1S/C11H12O3/c1-12-10-4-2-3-9(7-10)8-11-13-5-6-14-11/h2-7,11H,8H2,1H3. The molecule has 3 nitrogen and oxygen atoms in total. The van der Waals surface area contributed by atoms with Crippen LogP contribution in [0.15, 0.2) is 36.8 Å². The Morgan fingerprint density at radius 3 is 2.79 bits per heavy atom. The van der Waals surface area contributed by atoms with E-state index in [4.69, 9.17) is 14.2 Å². The van der Waals surface area contributed by atoms with E-state index < -0.39 is 0 Å². The van der Waals surface area contributed by atoms with Gasteiger partial charge in [-0.2, -0.15) is 0 Å².